The summed E-state index contributed by atoms with van der Waals surface area (Å²) < 4.78 is 4.67. The molecular formula is C12H14N2O4. The number of nitro groups is 1. The van der Waals surface area contributed by atoms with E-state index in [1.54, 1.807) is 31.2 Å². The van der Waals surface area contributed by atoms with E-state index in [1.165, 1.54) is 12.1 Å². The molecule has 1 aromatic rings. The zero-order chi connectivity index (χ0) is 13.4. The third kappa shape index (κ3) is 4.65. The lowest BCUT2D eigenvalue weighted by atomic mass is 10.2. The van der Waals surface area contributed by atoms with Crippen LogP contribution in [0.5, 0.6) is 0 Å². The van der Waals surface area contributed by atoms with Gasteiger partial charge in [0, 0.05) is 18.7 Å². The van der Waals surface area contributed by atoms with Crippen molar-refractivity contribution in [1.29, 1.82) is 0 Å². The first-order valence-electron chi connectivity index (χ1n) is 5.45. The van der Waals surface area contributed by atoms with Crippen molar-refractivity contribution in [3.63, 3.8) is 0 Å². The number of rotatable bonds is 5. The minimum atomic E-state index is -0.485. The van der Waals surface area contributed by atoms with E-state index in [0.717, 1.165) is 0 Å². The maximum atomic E-state index is 10.9. The number of benzene rings is 1. The van der Waals surface area contributed by atoms with Gasteiger partial charge in [0.1, 0.15) is 0 Å². The molecule has 6 heteroatoms. The summed E-state index contributed by atoms with van der Waals surface area (Å²) in [7, 11) is 0. The lowest BCUT2D eigenvalue weighted by Gasteiger charge is -2.01. The smallest absolute Gasteiger partial charge is 0.407 e. The molecule has 0 heterocycles. The first kappa shape index (κ1) is 13.7. The first-order chi connectivity index (χ1) is 8.63. The Labute approximate surface area is 104 Å². The van der Waals surface area contributed by atoms with Crippen LogP contribution >= 0.6 is 0 Å². The van der Waals surface area contributed by atoms with Crippen LogP contribution < -0.4 is 5.32 Å². The van der Waals surface area contributed by atoms with Crippen molar-refractivity contribution in [3.8, 4) is 0 Å². The van der Waals surface area contributed by atoms with E-state index in [9.17, 15) is 14.9 Å². The first-order valence-corrected chi connectivity index (χ1v) is 5.45. The van der Waals surface area contributed by atoms with E-state index >= 15 is 0 Å². The number of non-ortho nitro benzene ring substituents is 1. The summed E-state index contributed by atoms with van der Waals surface area (Å²) in [4.78, 5) is 21.0. The topological polar surface area (TPSA) is 81.5 Å². The SMILES string of the molecule is CCOC(=O)NCC=Cc1cccc([N+](=O)[O-])c1. The van der Waals surface area contributed by atoms with Gasteiger partial charge in [0.05, 0.1) is 11.5 Å². The monoisotopic (exact) mass is 250 g/mol. The van der Waals surface area contributed by atoms with E-state index in [4.69, 9.17) is 0 Å². The zero-order valence-electron chi connectivity index (χ0n) is 9.96. The summed E-state index contributed by atoms with van der Waals surface area (Å²) in [5.74, 6) is 0. The Hall–Kier alpha value is -2.37. The fourth-order valence-electron chi connectivity index (χ4n) is 1.26. The van der Waals surface area contributed by atoms with Crippen molar-refractivity contribution >= 4 is 17.9 Å². The van der Waals surface area contributed by atoms with Crippen LogP contribution in [0.2, 0.25) is 0 Å². The molecule has 0 radical (unpaired) electrons. The summed E-state index contributed by atoms with van der Waals surface area (Å²) in [6.45, 7) is 2.35. The molecule has 1 N–H and O–H groups in total. The van der Waals surface area contributed by atoms with Crippen LogP contribution in [0.3, 0.4) is 0 Å². The Morgan fingerprint density at radius 1 is 1.56 bits per heavy atom. The lowest BCUT2D eigenvalue weighted by Crippen LogP contribution is -2.24. The summed E-state index contributed by atoms with van der Waals surface area (Å²) >= 11 is 0. The molecule has 0 aliphatic heterocycles. The van der Waals surface area contributed by atoms with Gasteiger partial charge in [0.2, 0.25) is 0 Å². The quantitative estimate of drug-likeness (QED) is 0.642. The number of amides is 1. The Balaban J connectivity index is 2.49. The molecule has 0 bridgehead atoms. The molecule has 1 amide bonds. The third-order valence-corrected chi connectivity index (χ3v) is 2.03. The molecule has 0 aliphatic carbocycles. The van der Waals surface area contributed by atoms with Gasteiger partial charge in [-0.3, -0.25) is 10.1 Å². The van der Waals surface area contributed by atoms with Gasteiger partial charge in [-0.15, -0.1) is 0 Å². The van der Waals surface area contributed by atoms with Crippen molar-refractivity contribution in [2.45, 2.75) is 6.92 Å². The average Bonchev–Trinajstić information content (AvgIpc) is 2.35. The van der Waals surface area contributed by atoms with Gasteiger partial charge in [0.25, 0.3) is 5.69 Å². The summed E-state index contributed by atoms with van der Waals surface area (Å²) in [6, 6.07) is 6.24. The molecule has 6 nitrogen and oxygen atoms in total. The number of carbonyl (C=O) groups excluding carboxylic acids is 1. The van der Waals surface area contributed by atoms with Crippen LogP contribution in [0.1, 0.15) is 12.5 Å². The van der Waals surface area contributed by atoms with E-state index in [2.05, 4.69) is 10.1 Å². The van der Waals surface area contributed by atoms with Crippen LogP contribution in [0.25, 0.3) is 6.08 Å². The van der Waals surface area contributed by atoms with Gasteiger partial charge in [0.15, 0.2) is 0 Å². The Kier molecular flexibility index (Phi) is 5.37. The number of nitro benzene ring substituents is 1. The fourth-order valence-corrected chi connectivity index (χ4v) is 1.26. The summed E-state index contributed by atoms with van der Waals surface area (Å²) in [5.41, 5.74) is 0.741. The van der Waals surface area contributed by atoms with E-state index in [1.807, 2.05) is 0 Å². The van der Waals surface area contributed by atoms with Crippen LogP contribution in [-0.4, -0.2) is 24.2 Å². The molecule has 0 saturated heterocycles. The minimum Gasteiger partial charge on any atom is -0.450 e. The van der Waals surface area contributed by atoms with E-state index < -0.39 is 11.0 Å². The average molecular weight is 250 g/mol. The predicted molar refractivity (Wildman–Crippen MR) is 67.2 cm³/mol. The van der Waals surface area contributed by atoms with Gasteiger partial charge >= 0.3 is 6.09 Å². The Morgan fingerprint density at radius 3 is 3.00 bits per heavy atom. The molecule has 0 atom stereocenters. The fraction of sp³-hybridized carbons (Fsp3) is 0.250. The second kappa shape index (κ2) is 7.05. The van der Waals surface area contributed by atoms with Crippen LogP contribution in [-0.2, 0) is 4.74 Å². The highest BCUT2D eigenvalue weighted by Gasteiger charge is 2.03. The van der Waals surface area contributed by atoms with Crippen molar-refractivity contribution < 1.29 is 14.5 Å². The number of carbonyl (C=O) groups is 1. The number of hydrogen-bond acceptors (Lipinski definition) is 4. The highest BCUT2D eigenvalue weighted by atomic mass is 16.6. The molecule has 18 heavy (non-hydrogen) atoms. The maximum absolute atomic E-state index is 10.9. The third-order valence-electron chi connectivity index (χ3n) is 2.03. The van der Waals surface area contributed by atoms with Crippen molar-refractivity contribution in [1.82, 2.24) is 5.32 Å². The molecule has 96 valence electrons. The van der Waals surface area contributed by atoms with Gasteiger partial charge < -0.3 is 10.1 Å². The molecule has 0 aliphatic rings. The van der Waals surface area contributed by atoms with Gasteiger partial charge in [-0.2, -0.15) is 0 Å². The molecule has 0 spiro atoms. The lowest BCUT2D eigenvalue weighted by molar-refractivity contribution is -0.384. The van der Waals surface area contributed by atoms with E-state index in [-0.39, 0.29) is 5.69 Å². The molecular weight excluding hydrogens is 236 g/mol. The predicted octanol–water partition coefficient (Wildman–Crippen LogP) is 2.35. The number of ether oxygens (including phenoxy) is 1. The number of nitrogens with zero attached hydrogens (tertiary/aromatic N) is 1. The number of nitrogens with one attached hydrogen (secondary N) is 1. The van der Waals surface area contributed by atoms with Gasteiger partial charge in [-0.25, -0.2) is 4.79 Å². The van der Waals surface area contributed by atoms with Crippen molar-refractivity contribution in [3.05, 3.63) is 46.0 Å². The van der Waals surface area contributed by atoms with Crippen molar-refractivity contribution in [2.75, 3.05) is 13.2 Å². The Morgan fingerprint density at radius 2 is 2.33 bits per heavy atom. The molecule has 0 fully saturated rings. The molecule has 0 saturated carbocycles. The normalized spacial score (nSPS) is 10.3. The maximum Gasteiger partial charge on any atom is 0.407 e. The van der Waals surface area contributed by atoms with Crippen LogP contribution in [0, 0.1) is 10.1 Å². The van der Waals surface area contributed by atoms with E-state index in [0.29, 0.717) is 18.7 Å². The van der Waals surface area contributed by atoms with Crippen molar-refractivity contribution in [2.24, 2.45) is 0 Å². The van der Waals surface area contributed by atoms with Gasteiger partial charge in [-0.1, -0.05) is 24.3 Å². The Bertz CT molecular complexity index is 457. The molecule has 1 rings (SSSR count). The second-order valence-corrected chi connectivity index (χ2v) is 3.36. The largest absolute Gasteiger partial charge is 0.450 e. The van der Waals surface area contributed by atoms with Crippen LogP contribution in [0.4, 0.5) is 10.5 Å². The number of hydrogen-bond donors (Lipinski definition) is 1. The zero-order valence-corrected chi connectivity index (χ0v) is 9.96. The van der Waals surface area contributed by atoms with Crippen LogP contribution in [0.15, 0.2) is 30.3 Å². The summed E-state index contributed by atoms with van der Waals surface area (Å²) in [6.07, 6.45) is 2.90. The standard InChI is InChI=1S/C12H14N2O4/c1-2-18-12(15)13-8-4-6-10-5-3-7-11(9-10)14(16)17/h3-7,9H,2,8H2,1H3,(H,13,15). The second-order valence-electron chi connectivity index (χ2n) is 3.36. The molecule has 1 aromatic carbocycles. The highest BCUT2D eigenvalue weighted by Crippen LogP contribution is 2.13. The number of alkyl carbamates (subject to hydrolysis) is 1. The highest BCUT2D eigenvalue weighted by molar-refractivity contribution is 5.67. The minimum absolute atomic E-state index is 0.0375. The summed E-state index contributed by atoms with van der Waals surface area (Å²) in [5, 5.41) is 13.1. The molecule has 0 aromatic heterocycles. The molecule has 0 unspecified atom stereocenters. The van der Waals surface area contributed by atoms with Gasteiger partial charge in [-0.05, 0) is 12.5 Å².